The van der Waals surface area contributed by atoms with Gasteiger partial charge in [-0.05, 0) is 12.1 Å². The normalized spacial score (nSPS) is 14.7. The number of nitrogens with zero attached hydrogens (tertiary/aromatic N) is 1. The number of methoxy groups -OCH3 is 1. The van der Waals surface area contributed by atoms with Gasteiger partial charge in [0.05, 0.1) is 12.8 Å². The predicted octanol–water partition coefficient (Wildman–Crippen LogP) is 1.65. The quantitative estimate of drug-likeness (QED) is 0.621. The number of hydrogen-bond donors (Lipinski definition) is 0. The van der Waals surface area contributed by atoms with Gasteiger partial charge in [0.25, 0.3) is 0 Å². The molecule has 2 rings (SSSR count). The van der Waals surface area contributed by atoms with Crippen molar-refractivity contribution in [3.63, 3.8) is 0 Å². The van der Waals surface area contributed by atoms with Crippen LogP contribution in [0.25, 0.3) is 0 Å². The summed E-state index contributed by atoms with van der Waals surface area (Å²) in [5.41, 5.74) is 0.985. The Bertz CT molecular complexity index is 297. The molecule has 0 bridgehead atoms. The van der Waals surface area contributed by atoms with Crippen molar-refractivity contribution in [1.82, 2.24) is 0 Å². The molecule has 0 N–H and O–H groups in total. The van der Waals surface area contributed by atoms with E-state index in [2.05, 4.69) is 4.90 Å². The van der Waals surface area contributed by atoms with Gasteiger partial charge in [-0.1, -0.05) is 0 Å². The molecule has 1 aliphatic heterocycles. The van der Waals surface area contributed by atoms with Crippen molar-refractivity contribution in [2.24, 2.45) is 0 Å². The average Bonchev–Trinajstić information content (AvgIpc) is 2.87. The molecule has 0 aromatic heterocycles. The molecule has 12 heavy (non-hydrogen) atoms. The first-order valence-electron chi connectivity index (χ1n) is 3.90. The van der Waals surface area contributed by atoms with Gasteiger partial charge in [-0.3, -0.25) is 0 Å². The standard InChI is InChI=1S/C9H10FNO/c1-12-9-6-7(10)2-3-8(9)11-4-5-11/h2-3,6H,4-5H2,1H3. The van der Waals surface area contributed by atoms with Gasteiger partial charge in [0.15, 0.2) is 0 Å². The molecule has 3 heteroatoms. The number of hydrogen-bond acceptors (Lipinski definition) is 2. The van der Waals surface area contributed by atoms with Crippen LogP contribution in [0.15, 0.2) is 18.2 Å². The Morgan fingerprint density at radius 1 is 1.42 bits per heavy atom. The zero-order valence-corrected chi connectivity index (χ0v) is 6.88. The summed E-state index contributed by atoms with van der Waals surface area (Å²) in [6.07, 6.45) is 0. The lowest BCUT2D eigenvalue weighted by molar-refractivity contribution is 0.412. The van der Waals surface area contributed by atoms with Crippen molar-refractivity contribution in [3.05, 3.63) is 24.0 Å². The molecular formula is C9H10FNO. The fourth-order valence-electron chi connectivity index (χ4n) is 1.20. The molecule has 0 saturated carbocycles. The van der Waals surface area contributed by atoms with Crippen LogP contribution in [0.4, 0.5) is 10.1 Å². The van der Waals surface area contributed by atoms with E-state index in [1.807, 2.05) is 0 Å². The van der Waals surface area contributed by atoms with E-state index in [1.54, 1.807) is 13.2 Å². The molecule has 1 aliphatic rings. The molecule has 0 unspecified atom stereocenters. The van der Waals surface area contributed by atoms with Gasteiger partial charge in [-0.2, -0.15) is 0 Å². The van der Waals surface area contributed by atoms with Gasteiger partial charge in [0.1, 0.15) is 11.6 Å². The minimum Gasteiger partial charge on any atom is -0.494 e. The summed E-state index contributed by atoms with van der Waals surface area (Å²) in [6, 6.07) is 4.62. The minimum absolute atomic E-state index is 0.252. The summed E-state index contributed by atoms with van der Waals surface area (Å²) in [4.78, 5) is 2.12. The zero-order valence-electron chi connectivity index (χ0n) is 6.88. The van der Waals surface area contributed by atoms with Crippen LogP contribution in [0.3, 0.4) is 0 Å². The Kier molecular flexibility index (Phi) is 1.64. The van der Waals surface area contributed by atoms with Crippen LogP contribution in [0.5, 0.6) is 5.75 Å². The number of ether oxygens (including phenoxy) is 1. The molecule has 64 valence electrons. The van der Waals surface area contributed by atoms with Gasteiger partial charge in [-0.25, -0.2) is 4.39 Å². The molecule has 1 aromatic carbocycles. The van der Waals surface area contributed by atoms with Crippen molar-refractivity contribution < 1.29 is 9.13 Å². The highest BCUT2D eigenvalue weighted by Gasteiger charge is 2.21. The third-order valence-electron chi connectivity index (χ3n) is 1.93. The molecule has 0 radical (unpaired) electrons. The highest BCUT2D eigenvalue weighted by Crippen LogP contribution is 2.32. The maximum Gasteiger partial charge on any atom is 0.145 e. The van der Waals surface area contributed by atoms with E-state index in [1.165, 1.54) is 12.1 Å². The average molecular weight is 167 g/mol. The van der Waals surface area contributed by atoms with E-state index in [9.17, 15) is 4.39 Å². The van der Waals surface area contributed by atoms with E-state index >= 15 is 0 Å². The second-order valence-electron chi connectivity index (χ2n) is 2.80. The van der Waals surface area contributed by atoms with Crippen molar-refractivity contribution in [2.75, 3.05) is 25.1 Å². The Morgan fingerprint density at radius 3 is 2.75 bits per heavy atom. The van der Waals surface area contributed by atoms with Crippen LogP contribution in [0.2, 0.25) is 0 Å². The summed E-state index contributed by atoms with van der Waals surface area (Å²) in [6.45, 7) is 2.09. The lowest BCUT2D eigenvalue weighted by Gasteiger charge is -2.08. The van der Waals surface area contributed by atoms with E-state index in [4.69, 9.17) is 4.74 Å². The lowest BCUT2D eigenvalue weighted by atomic mass is 10.3. The predicted molar refractivity (Wildman–Crippen MR) is 45.2 cm³/mol. The number of rotatable bonds is 2. The van der Waals surface area contributed by atoms with E-state index < -0.39 is 0 Å². The van der Waals surface area contributed by atoms with Crippen molar-refractivity contribution >= 4 is 5.69 Å². The smallest absolute Gasteiger partial charge is 0.145 e. The largest absolute Gasteiger partial charge is 0.494 e. The molecule has 1 aromatic rings. The zero-order chi connectivity index (χ0) is 8.55. The Balaban J connectivity index is 2.38. The number of benzene rings is 1. The monoisotopic (exact) mass is 167 g/mol. The van der Waals surface area contributed by atoms with Crippen LogP contribution in [0, 0.1) is 5.82 Å². The van der Waals surface area contributed by atoms with Gasteiger partial charge in [-0.15, -0.1) is 0 Å². The van der Waals surface area contributed by atoms with E-state index in [0.717, 1.165) is 18.8 Å². The minimum atomic E-state index is -0.252. The van der Waals surface area contributed by atoms with Gasteiger partial charge in [0.2, 0.25) is 0 Å². The summed E-state index contributed by atoms with van der Waals surface area (Å²) in [7, 11) is 1.56. The van der Waals surface area contributed by atoms with Crippen LogP contribution in [-0.2, 0) is 0 Å². The SMILES string of the molecule is COc1cc(F)ccc1N1CC1. The third kappa shape index (κ3) is 1.22. The molecule has 0 spiro atoms. The van der Waals surface area contributed by atoms with E-state index in [0.29, 0.717) is 5.75 Å². The molecule has 0 amide bonds. The molecule has 0 atom stereocenters. The fourth-order valence-corrected chi connectivity index (χ4v) is 1.20. The molecule has 1 heterocycles. The maximum absolute atomic E-state index is 12.7. The van der Waals surface area contributed by atoms with Crippen molar-refractivity contribution in [1.29, 1.82) is 0 Å². The number of anilines is 1. The Morgan fingerprint density at radius 2 is 2.17 bits per heavy atom. The molecule has 1 fully saturated rings. The summed E-state index contributed by atoms with van der Waals surface area (Å²) < 4.78 is 17.8. The first-order chi connectivity index (χ1) is 5.81. The highest BCUT2D eigenvalue weighted by molar-refractivity contribution is 5.61. The van der Waals surface area contributed by atoms with E-state index in [-0.39, 0.29) is 5.82 Å². The molecular weight excluding hydrogens is 157 g/mol. The second kappa shape index (κ2) is 2.66. The van der Waals surface area contributed by atoms with Crippen LogP contribution < -0.4 is 9.64 Å². The first-order valence-corrected chi connectivity index (χ1v) is 3.90. The molecule has 0 aliphatic carbocycles. The highest BCUT2D eigenvalue weighted by atomic mass is 19.1. The summed E-state index contributed by atoms with van der Waals surface area (Å²) in [5.74, 6) is 0.366. The summed E-state index contributed by atoms with van der Waals surface area (Å²) in [5, 5.41) is 0. The Hall–Kier alpha value is -1.25. The van der Waals surface area contributed by atoms with Gasteiger partial charge < -0.3 is 9.64 Å². The third-order valence-corrected chi connectivity index (χ3v) is 1.93. The van der Waals surface area contributed by atoms with Crippen LogP contribution in [0.1, 0.15) is 0 Å². The van der Waals surface area contributed by atoms with Gasteiger partial charge in [0, 0.05) is 19.2 Å². The van der Waals surface area contributed by atoms with Crippen molar-refractivity contribution in [3.8, 4) is 5.75 Å². The van der Waals surface area contributed by atoms with Crippen molar-refractivity contribution in [2.45, 2.75) is 0 Å². The maximum atomic E-state index is 12.7. The second-order valence-corrected chi connectivity index (χ2v) is 2.80. The lowest BCUT2D eigenvalue weighted by Crippen LogP contribution is -1.95. The topological polar surface area (TPSA) is 12.2 Å². The first kappa shape index (κ1) is 7.40. The van der Waals surface area contributed by atoms with Crippen LogP contribution >= 0.6 is 0 Å². The molecule has 2 nitrogen and oxygen atoms in total. The Labute approximate surface area is 70.6 Å². The number of halogens is 1. The molecule has 1 saturated heterocycles. The summed E-state index contributed by atoms with van der Waals surface area (Å²) >= 11 is 0. The fraction of sp³-hybridized carbons (Fsp3) is 0.333. The van der Waals surface area contributed by atoms with Gasteiger partial charge >= 0.3 is 0 Å². The van der Waals surface area contributed by atoms with Crippen LogP contribution in [-0.4, -0.2) is 20.2 Å².